The standard InChI is InChI=1S/C12H16NO3.C10H14.ClH.Ru/c1-15-11-4-8-3-10(7-14)13-6-9(8)5-12(11)16-2;1-8(2)10-6-4-9(3)5-7-10;;/h4-5,10,13H,3,6-7H2,1-2H3;4-8H,1-3H3;1H;/q-1;;;+2/p-1/t10-;;;/m0.../s1. The fraction of sp³-hybridized carbons (Fsp3) is 0.455. The summed E-state index contributed by atoms with van der Waals surface area (Å²) in [4.78, 5) is 0. The Morgan fingerprint density at radius 3 is 2.04 bits per heavy atom. The van der Waals surface area contributed by atoms with E-state index in [1.54, 1.807) is 14.2 Å². The van der Waals surface area contributed by atoms with Crippen LogP contribution in [0.2, 0.25) is 0 Å². The zero-order valence-electron chi connectivity index (χ0n) is 17.2. The van der Waals surface area contributed by atoms with Crippen LogP contribution in [0, 0.1) is 43.4 Å². The molecule has 0 unspecified atom stereocenters. The van der Waals surface area contributed by atoms with Crippen LogP contribution in [0.4, 0.5) is 0 Å². The minimum absolute atomic E-state index is 0. The molecule has 3 rings (SSSR count). The average molecular weight is 493 g/mol. The second-order valence-corrected chi connectivity index (χ2v) is 6.99. The molecule has 1 fully saturated rings. The molecule has 6 heteroatoms. The Balaban J connectivity index is 0.000000532. The zero-order valence-corrected chi connectivity index (χ0v) is 19.7. The third-order valence-corrected chi connectivity index (χ3v) is 4.70. The Bertz CT molecular complexity index is 563. The molecule has 1 atom stereocenters. The number of fused-ring (bicyclic) bond motifs is 1. The maximum Gasteiger partial charge on any atom is 2.00 e. The average Bonchev–Trinajstić information content (AvgIpc) is 2.67. The van der Waals surface area contributed by atoms with Crippen molar-refractivity contribution in [2.75, 3.05) is 20.8 Å². The maximum atomic E-state index is 10.9. The molecule has 0 bridgehead atoms. The Hall–Kier alpha value is -0.347. The number of ether oxygens (including phenoxy) is 2. The van der Waals surface area contributed by atoms with E-state index in [9.17, 15) is 5.11 Å². The van der Waals surface area contributed by atoms with E-state index < -0.39 is 0 Å². The summed E-state index contributed by atoms with van der Waals surface area (Å²) in [7, 11) is 3.25. The van der Waals surface area contributed by atoms with E-state index in [1.165, 1.54) is 23.0 Å². The van der Waals surface area contributed by atoms with Gasteiger partial charge in [-0.3, -0.25) is 0 Å². The van der Waals surface area contributed by atoms with E-state index in [0.717, 1.165) is 24.5 Å². The van der Waals surface area contributed by atoms with Gasteiger partial charge in [0.25, 0.3) is 0 Å². The van der Waals surface area contributed by atoms with Gasteiger partial charge in [0.05, 0.1) is 14.2 Å². The van der Waals surface area contributed by atoms with Gasteiger partial charge >= 0.3 is 19.5 Å². The van der Waals surface area contributed by atoms with E-state index in [4.69, 9.17) is 9.47 Å². The second-order valence-electron chi connectivity index (χ2n) is 6.99. The van der Waals surface area contributed by atoms with Crippen LogP contribution >= 0.6 is 0 Å². The third kappa shape index (κ3) is 7.82. The van der Waals surface area contributed by atoms with Crippen molar-refractivity contribution in [3.8, 4) is 11.5 Å². The summed E-state index contributed by atoms with van der Waals surface area (Å²) in [6.45, 7) is 7.18. The first kappa shape index (κ1) is 27.7. The summed E-state index contributed by atoms with van der Waals surface area (Å²) in [5.74, 6) is 4.88. The molecule has 1 aliphatic heterocycles. The predicted molar refractivity (Wildman–Crippen MR) is 103 cm³/mol. The van der Waals surface area contributed by atoms with Crippen LogP contribution in [-0.4, -0.2) is 26.9 Å². The van der Waals surface area contributed by atoms with Gasteiger partial charge in [0.15, 0.2) is 11.5 Å². The number of nitrogens with one attached hydrogen (secondary N) is 1. The first-order valence-corrected chi connectivity index (χ1v) is 9.10. The molecule has 0 amide bonds. The minimum Gasteiger partial charge on any atom is -1.00 e. The van der Waals surface area contributed by atoms with Gasteiger partial charge in [0, 0.05) is 6.54 Å². The van der Waals surface area contributed by atoms with Gasteiger partial charge in [0.1, 0.15) is 0 Å². The van der Waals surface area contributed by atoms with Crippen molar-refractivity contribution in [1.29, 1.82) is 0 Å². The maximum absolute atomic E-state index is 10.9. The Labute approximate surface area is 190 Å². The van der Waals surface area contributed by atoms with Crippen LogP contribution in [0.5, 0.6) is 11.5 Å². The van der Waals surface area contributed by atoms with E-state index in [1.807, 2.05) is 12.1 Å². The SMILES string of the molecule is COc1cc2c(cc1OC)C[C@@H](C[O-])NC2.C[C]1[CH][CH][C](C(C)C)[CH][CH]1.[Cl-].[Ru+2]. The van der Waals surface area contributed by atoms with Crippen molar-refractivity contribution in [3.63, 3.8) is 0 Å². The zero-order chi connectivity index (χ0) is 19.1. The van der Waals surface area contributed by atoms with Gasteiger partial charge < -0.3 is 32.3 Å². The molecular formula is C22H30ClNO3Ru. The molecule has 1 heterocycles. The summed E-state index contributed by atoms with van der Waals surface area (Å²) >= 11 is 0. The van der Waals surface area contributed by atoms with Gasteiger partial charge in [-0.05, 0) is 79.2 Å². The Morgan fingerprint density at radius 1 is 1.04 bits per heavy atom. The molecule has 156 valence electrons. The van der Waals surface area contributed by atoms with Crippen molar-refractivity contribution in [2.45, 2.75) is 39.8 Å². The van der Waals surface area contributed by atoms with Gasteiger partial charge in [-0.2, -0.15) is 0 Å². The Kier molecular flexibility index (Phi) is 13.6. The van der Waals surface area contributed by atoms with Gasteiger partial charge in [-0.1, -0.05) is 20.8 Å². The quantitative estimate of drug-likeness (QED) is 0.588. The molecular weight excluding hydrogens is 463 g/mol. The molecule has 0 aromatic heterocycles. The molecule has 2 aliphatic rings. The first-order valence-electron chi connectivity index (χ1n) is 9.10. The summed E-state index contributed by atoms with van der Waals surface area (Å²) in [6.07, 6.45) is 9.48. The van der Waals surface area contributed by atoms with Crippen molar-refractivity contribution < 1.29 is 46.5 Å². The molecule has 1 aromatic carbocycles. The molecule has 4 nitrogen and oxygen atoms in total. The Morgan fingerprint density at radius 2 is 1.57 bits per heavy atom. The fourth-order valence-corrected chi connectivity index (χ4v) is 2.98. The van der Waals surface area contributed by atoms with E-state index in [-0.39, 0.29) is 44.5 Å². The number of halogens is 1. The summed E-state index contributed by atoms with van der Waals surface area (Å²) in [5.41, 5.74) is 2.36. The summed E-state index contributed by atoms with van der Waals surface area (Å²) in [5, 5.41) is 14.1. The molecule has 1 N–H and O–H groups in total. The molecule has 1 aliphatic carbocycles. The molecule has 1 aromatic rings. The van der Waals surface area contributed by atoms with Crippen LogP contribution in [-0.2, 0) is 32.4 Å². The van der Waals surface area contributed by atoms with E-state index >= 15 is 0 Å². The number of methoxy groups -OCH3 is 2. The topological polar surface area (TPSA) is 53.5 Å². The van der Waals surface area contributed by atoms with Crippen molar-refractivity contribution in [2.24, 2.45) is 5.92 Å². The van der Waals surface area contributed by atoms with Crippen molar-refractivity contribution in [3.05, 3.63) is 60.8 Å². The largest absolute Gasteiger partial charge is 2.00 e. The number of rotatable bonds is 4. The fourth-order valence-electron chi connectivity index (χ4n) is 2.98. The van der Waals surface area contributed by atoms with Crippen LogP contribution in [0.3, 0.4) is 0 Å². The smallest absolute Gasteiger partial charge is 1.00 e. The molecule has 0 saturated heterocycles. The van der Waals surface area contributed by atoms with Crippen LogP contribution in [0.1, 0.15) is 31.9 Å². The van der Waals surface area contributed by atoms with Crippen molar-refractivity contribution in [1.82, 2.24) is 5.32 Å². The van der Waals surface area contributed by atoms with E-state index in [2.05, 4.69) is 51.8 Å². The van der Waals surface area contributed by atoms with Crippen molar-refractivity contribution >= 4 is 0 Å². The van der Waals surface area contributed by atoms with Gasteiger partial charge in [-0.15, -0.1) is 6.61 Å². The van der Waals surface area contributed by atoms with Crippen LogP contribution in [0.25, 0.3) is 0 Å². The summed E-state index contributed by atoms with van der Waals surface area (Å²) < 4.78 is 10.5. The predicted octanol–water partition coefficient (Wildman–Crippen LogP) is -0.278. The minimum atomic E-state index is -0.0895. The number of hydrogen-bond acceptors (Lipinski definition) is 4. The summed E-state index contributed by atoms with van der Waals surface area (Å²) in [6, 6.07) is 3.98. The second kappa shape index (κ2) is 13.8. The van der Waals surface area contributed by atoms with E-state index in [0.29, 0.717) is 5.92 Å². The van der Waals surface area contributed by atoms with Gasteiger partial charge in [0.2, 0.25) is 0 Å². The normalized spacial score (nSPS) is 19.5. The third-order valence-electron chi connectivity index (χ3n) is 4.70. The monoisotopic (exact) mass is 493 g/mol. The molecule has 6 radical (unpaired) electrons. The number of hydrogen-bond donors (Lipinski definition) is 1. The molecule has 28 heavy (non-hydrogen) atoms. The van der Waals surface area contributed by atoms with Crippen LogP contribution in [0.15, 0.2) is 12.1 Å². The van der Waals surface area contributed by atoms with Crippen LogP contribution < -0.4 is 32.3 Å². The molecule has 1 saturated carbocycles. The number of benzene rings is 1. The first-order chi connectivity index (χ1) is 12.5. The van der Waals surface area contributed by atoms with Gasteiger partial charge in [-0.25, -0.2) is 0 Å². The molecule has 0 spiro atoms.